The molecular weight excluding hydrogens is 368 g/mol. The van der Waals surface area contributed by atoms with Gasteiger partial charge in [-0.3, -0.25) is 0 Å². The second kappa shape index (κ2) is 7.85. The van der Waals surface area contributed by atoms with Gasteiger partial charge in [0.2, 0.25) is 10.0 Å². The lowest BCUT2D eigenvalue weighted by molar-refractivity contribution is 0.251. The number of anilines is 1. The minimum Gasteiger partial charge on any atom is -0.360 e. The summed E-state index contributed by atoms with van der Waals surface area (Å²) in [6, 6.07) is 6.19. The van der Waals surface area contributed by atoms with E-state index in [1.54, 1.807) is 38.1 Å². The maximum absolute atomic E-state index is 12.5. The number of carbonyl (C=O) groups is 1. The van der Waals surface area contributed by atoms with E-state index in [9.17, 15) is 13.2 Å². The van der Waals surface area contributed by atoms with Crippen LogP contribution in [0.4, 0.5) is 10.5 Å². The largest absolute Gasteiger partial charge is 0.360 e. The van der Waals surface area contributed by atoms with Gasteiger partial charge in [-0.05, 0) is 38.1 Å². The Labute approximate surface area is 151 Å². The lowest BCUT2D eigenvalue weighted by Gasteiger charge is -2.17. The Balaban J connectivity index is 1.88. The van der Waals surface area contributed by atoms with Crippen molar-refractivity contribution in [2.75, 3.05) is 25.5 Å². The van der Waals surface area contributed by atoms with Gasteiger partial charge in [-0.15, -0.1) is 0 Å². The third kappa shape index (κ3) is 4.71. The first-order valence-corrected chi connectivity index (χ1v) is 9.23. The van der Waals surface area contributed by atoms with E-state index >= 15 is 0 Å². The fourth-order valence-corrected chi connectivity index (χ4v) is 3.73. The van der Waals surface area contributed by atoms with Gasteiger partial charge in [-0.25, -0.2) is 13.2 Å². The Morgan fingerprint density at radius 1 is 1.28 bits per heavy atom. The molecule has 0 saturated heterocycles. The third-order valence-corrected chi connectivity index (χ3v) is 5.80. The Bertz CT molecular complexity index is 829. The molecule has 0 unspecified atom stereocenters. The number of aryl methyl sites for hydroxylation is 2. The molecule has 25 heavy (non-hydrogen) atoms. The van der Waals surface area contributed by atoms with Crippen LogP contribution in [0.5, 0.6) is 0 Å². The molecule has 0 radical (unpaired) electrons. The SMILES string of the molecule is Cc1noc(C)c1S(=O)(=O)N(C)CCNC(=O)Nc1ccc(Cl)cc1. The number of aromatic nitrogens is 1. The summed E-state index contributed by atoms with van der Waals surface area (Å²) in [7, 11) is -2.30. The van der Waals surface area contributed by atoms with E-state index in [2.05, 4.69) is 15.8 Å². The zero-order chi connectivity index (χ0) is 18.6. The molecule has 8 nitrogen and oxygen atoms in total. The van der Waals surface area contributed by atoms with Crippen LogP contribution < -0.4 is 10.6 Å². The fraction of sp³-hybridized carbons (Fsp3) is 0.333. The van der Waals surface area contributed by atoms with Gasteiger partial charge in [0.05, 0.1) is 0 Å². The summed E-state index contributed by atoms with van der Waals surface area (Å²) in [6.45, 7) is 3.34. The van der Waals surface area contributed by atoms with Crippen molar-refractivity contribution in [2.45, 2.75) is 18.7 Å². The number of amides is 2. The highest BCUT2D eigenvalue weighted by Crippen LogP contribution is 2.21. The van der Waals surface area contributed by atoms with E-state index in [1.807, 2.05) is 0 Å². The monoisotopic (exact) mass is 386 g/mol. The van der Waals surface area contributed by atoms with Gasteiger partial charge in [-0.2, -0.15) is 4.31 Å². The molecular formula is C15H19ClN4O4S. The number of rotatable bonds is 6. The summed E-state index contributed by atoms with van der Waals surface area (Å²) in [5.74, 6) is 0.234. The van der Waals surface area contributed by atoms with Crippen LogP contribution in [-0.4, -0.2) is 44.0 Å². The average Bonchev–Trinajstić information content (AvgIpc) is 2.89. The Kier molecular flexibility index (Phi) is 6.04. The summed E-state index contributed by atoms with van der Waals surface area (Å²) in [5.41, 5.74) is 0.886. The molecule has 2 N–H and O–H groups in total. The number of nitrogens with one attached hydrogen (secondary N) is 2. The normalized spacial score (nSPS) is 11.6. The minimum atomic E-state index is -3.73. The van der Waals surface area contributed by atoms with Crippen LogP contribution in [-0.2, 0) is 10.0 Å². The van der Waals surface area contributed by atoms with E-state index < -0.39 is 16.1 Å². The standard InChI is InChI=1S/C15H19ClN4O4S/c1-10-14(11(2)24-19-10)25(22,23)20(3)9-8-17-15(21)18-13-6-4-12(16)5-7-13/h4-7H,8-9H2,1-3H3,(H2,17,18,21). The average molecular weight is 387 g/mol. The number of carbonyl (C=O) groups excluding carboxylic acids is 1. The van der Waals surface area contributed by atoms with E-state index in [4.69, 9.17) is 16.1 Å². The number of benzene rings is 1. The van der Waals surface area contributed by atoms with Crippen molar-refractivity contribution in [2.24, 2.45) is 0 Å². The van der Waals surface area contributed by atoms with Crippen LogP contribution in [0.25, 0.3) is 0 Å². The topological polar surface area (TPSA) is 105 Å². The molecule has 0 saturated carbocycles. The highest BCUT2D eigenvalue weighted by molar-refractivity contribution is 7.89. The Morgan fingerprint density at radius 3 is 2.48 bits per heavy atom. The predicted molar refractivity (Wildman–Crippen MR) is 94.3 cm³/mol. The molecule has 0 atom stereocenters. The zero-order valence-corrected chi connectivity index (χ0v) is 15.6. The van der Waals surface area contributed by atoms with E-state index in [-0.39, 0.29) is 23.7 Å². The van der Waals surface area contributed by atoms with Gasteiger partial charge in [0, 0.05) is 30.8 Å². The summed E-state index contributed by atoms with van der Waals surface area (Å²) in [4.78, 5) is 11.9. The van der Waals surface area contributed by atoms with Crippen LogP contribution in [0, 0.1) is 13.8 Å². The van der Waals surface area contributed by atoms with Gasteiger partial charge in [0.25, 0.3) is 0 Å². The van der Waals surface area contributed by atoms with E-state index in [0.29, 0.717) is 16.4 Å². The summed E-state index contributed by atoms with van der Waals surface area (Å²) in [5, 5.41) is 9.44. The van der Waals surface area contributed by atoms with Crippen molar-refractivity contribution in [3.8, 4) is 0 Å². The lowest BCUT2D eigenvalue weighted by atomic mass is 10.3. The van der Waals surface area contributed by atoms with Gasteiger partial charge < -0.3 is 15.2 Å². The van der Waals surface area contributed by atoms with Crippen LogP contribution in [0.1, 0.15) is 11.5 Å². The van der Waals surface area contributed by atoms with Gasteiger partial charge in [0.1, 0.15) is 10.6 Å². The van der Waals surface area contributed by atoms with Crippen LogP contribution >= 0.6 is 11.6 Å². The van der Waals surface area contributed by atoms with Crippen LogP contribution in [0.3, 0.4) is 0 Å². The third-order valence-electron chi connectivity index (χ3n) is 3.45. The quantitative estimate of drug-likeness (QED) is 0.793. The Morgan fingerprint density at radius 2 is 1.92 bits per heavy atom. The van der Waals surface area contributed by atoms with E-state index in [0.717, 1.165) is 4.31 Å². The molecule has 2 aromatic rings. The molecule has 10 heteroatoms. The van der Waals surface area contributed by atoms with Gasteiger partial charge >= 0.3 is 6.03 Å². The molecule has 0 aliphatic carbocycles. The first-order chi connectivity index (χ1) is 11.7. The molecule has 0 fully saturated rings. The van der Waals surface area contributed by atoms with Crippen molar-refractivity contribution in [1.29, 1.82) is 0 Å². The molecule has 1 heterocycles. The van der Waals surface area contributed by atoms with Crippen molar-refractivity contribution in [3.05, 3.63) is 40.7 Å². The highest BCUT2D eigenvalue weighted by atomic mass is 35.5. The van der Waals surface area contributed by atoms with Crippen molar-refractivity contribution in [3.63, 3.8) is 0 Å². The summed E-state index contributed by atoms with van der Waals surface area (Å²) >= 11 is 5.77. The predicted octanol–water partition coefficient (Wildman–Crippen LogP) is 2.39. The van der Waals surface area contributed by atoms with E-state index in [1.165, 1.54) is 7.05 Å². The van der Waals surface area contributed by atoms with Crippen molar-refractivity contribution in [1.82, 2.24) is 14.8 Å². The first kappa shape index (κ1) is 19.2. The molecule has 1 aromatic carbocycles. The molecule has 1 aromatic heterocycles. The van der Waals surface area contributed by atoms with Crippen molar-refractivity contribution < 1.29 is 17.7 Å². The number of nitrogens with zero attached hydrogens (tertiary/aromatic N) is 2. The Hall–Kier alpha value is -2.10. The van der Waals surface area contributed by atoms with Crippen LogP contribution in [0.15, 0.2) is 33.7 Å². The highest BCUT2D eigenvalue weighted by Gasteiger charge is 2.28. The molecule has 0 aliphatic rings. The lowest BCUT2D eigenvalue weighted by Crippen LogP contribution is -2.38. The number of hydrogen-bond donors (Lipinski definition) is 2. The van der Waals surface area contributed by atoms with Gasteiger partial charge in [-0.1, -0.05) is 16.8 Å². The maximum atomic E-state index is 12.5. The minimum absolute atomic E-state index is 0.0561. The molecule has 0 spiro atoms. The number of likely N-dealkylation sites (N-methyl/N-ethyl adjacent to an activating group) is 1. The smallest absolute Gasteiger partial charge is 0.319 e. The number of hydrogen-bond acceptors (Lipinski definition) is 5. The van der Waals surface area contributed by atoms with Crippen LogP contribution in [0.2, 0.25) is 5.02 Å². The van der Waals surface area contributed by atoms with Crippen molar-refractivity contribution >= 4 is 33.3 Å². The summed E-state index contributed by atoms with van der Waals surface area (Å²) < 4.78 is 31.1. The number of halogens is 1. The molecule has 0 bridgehead atoms. The second-order valence-electron chi connectivity index (χ2n) is 5.37. The fourth-order valence-electron chi connectivity index (χ4n) is 2.15. The number of sulfonamides is 1. The molecule has 0 aliphatic heterocycles. The number of urea groups is 1. The molecule has 2 amide bonds. The first-order valence-electron chi connectivity index (χ1n) is 7.41. The summed E-state index contributed by atoms with van der Waals surface area (Å²) in [6.07, 6.45) is 0. The maximum Gasteiger partial charge on any atom is 0.319 e. The van der Waals surface area contributed by atoms with Gasteiger partial charge in [0.15, 0.2) is 5.76 Å². The zero-order valence-electron chi connectivity index (χ0n) is 14.0. The molecule has 136 valence electrons. The molecule has 2 rings (SSSR count). The second-order valence-corrected chi connectivity index (χ2v) is 7.79.